The second kappa shape index (κ2) is 2.94. The van der Waals surface area contributed by atoms with E-state index in [0.717, 1.165) is 0 Å². The molecule has 2 saturated heterocycles. The van der Waals surface area contributed by atoms with Gasteiger partial charge in [-0.3, -0.25) is 4.79 Å². The number of fused-ring (bicyclic) bond motifs is 1. The van der Waals surface area contributed by atoms with E-state index >= 15 is 0 Å². The molecule has 74 valence electrons. The molecule has 2 aliphatic rings. The maximum atomic E-state index is 11.3. The number of amides is 1. The molecule has 2 aliphatic heterocycles. The summed E-state index contributed by atoms with van der Waals surface area (Å²) in [6.07, 6.45) is -0.699. The number of hydrogen-bond donors (Lipinski definition) is 3. The molecule has 3 N–H and O–H groups in total. The average molecular weight is 187 g/mol. The van der Waals surface area contributed by atoms with Crippen LogP contribution in [0.3, 0.4) is 0 Å². The minimum Gasteiger partial charge on any atom is -0.394 e. The molecule has 0 aromatic carbocycles. The fourth-order valence-electron chi connectivity index (χ4n) is 2.21. The first-order chi connectivity index (χ1) is 6.16. The molecule has 0 spiro atoms. The first kappa shape index (κ1) is 8.93. The van der Waals surface area contributed by atoms with E-state index < -0.39 is 24.3 Å². The Kier molecular flexibility index (Phi) is 2.02. The van der Waals surface area contributed by atoms with Crippen LogP contribution in [0.1, 0.15) is 12.8 Å². The molecule has 0 bridgehead atoms. The summed E-state index contributed by atoms with van der Waals surface area (Å²) < 4.78 is 0. The molecule has 0 aromatic heterocycles. The molecule has 4 atom stereocenters. The van der Waals surface area contributed by atoms with Crippen LogP contribution in [0, 0.1) is 0 Å². The molecule has 2 fully saturated rings. The Hall–Kier alpha value is -0.650. The summed E-state index contributed by atoms with van der Waals surface area (Å²) in [5.74, 6) is -0.0837. The smallest absolute Gasteiger partial charge is 0.223 e. The number of carbonyl (C=O) groups excluding carboxylic acids is 1. The Morgan fingerprint density at radius 2 is 2.15 bits per heavy atom. The van der Waals surface area contributed by atoms with Crippen molar-refractivity contribution in [3.63, 3.8) is 0 Å². The molecular weight excluding hydrogens is 174 g/mol. The molecule has 4 unspecified atom stereocenters. The van der Waals surface area contributed by atoms with Crippen molar-refractivity contribution < 1.29 is 20.1 Å². The average Bonchev–Trinajstić information content (AvgIpc) is 2.09. The van der Waals surface area contributed by atoms with Gasteiger partial charge in [0, 0.05) is 6.42 Å². The zero-order chi connectivity index (χ0) is 9.59. The summed E-state index contributed by atoms with van der Waals surface area (Å²) in [6, 6.07) is -0.995. The van der Waals surface area contributed by atoms with E-state index in [1.165, 1.54) is 4.90 Å². The van der Waals surface area contributed by atoms with Gasteiger partial charge in [0.05, 0.1) is 30.9 Å². The summed E-state index contributed by atoms with van der Waals surface area (Å²) in [4.78, 5) is 12.7. The van der Waals surface area contributed by atoms with Crippen LogP contribution in [0.15, 0.2) is 0 Å². The van der Waals surface area contributed by atoms with Gasteiger partial charge in [0.1, 0.15) is 0 Å². The topological polar surface area (TPSA) is 81.0 Å². The van der Waals surface area contributed by atoms with Gasteiger partial charge in [-0.1, -0.05) is 0 Å². The van der Waals surface area contributed by atoms with Crippen LogP contribution in [0.4, 0.5) is 0 Å². The molecule has 0 saturated carbocycles. The van der Waals surface area contributed by atoms with Crippen molar-refractivity contribution >= 4 is 5.91 Å². The van der Waals surface area contributed by atoms with Gasteiger partial charge in [-0.25, -0.2) is 0 Å². The number of nitrogens with zero attached hydrogens (tertiary/aromatic N) is 1. The lowest BCUT2D eigenvalue weighted by molar-refractivity contribution is -0.198. The first-order valence-electron chi connectivity index (χ1n) is 4.45. The van der Waals surface area contributed by atoms with Gasteiger partial charge < -0.3 is 20.2 Å². The molecule has 0 radical (unpaired) electrons. The molecule has 0 aliphatic carbocycles. The van der Waals surface area contributed by atoms with Crippen LogP contribution in [-0.4, -0.2) is 57.0 Å². The zero-order valence-electron chi connectivity index (χ0n) is 7.13. The minimum absolute atomic E-state index is 0.0837. The molecule has 5 heteroatoms. The van der Waals surface area contributed by atoms with Crippen molar-refractivity contribution in [1.29, 1.82) is 0 Å². The maximum Gasteiger partial charge on any atom is 0.223 e. The Labute approximate surface area is 75.6 Å². The molecule has 5 nitrogen and oxygen atoms in total. The van der Waals surface area contributed by atoms with Gasteiger partial charge in [-0.05, 0) is 6.42 Å². The van der Waals surface area contributed by atoms with E-state index in [2.05, 4.69) is 0 Å². The summed E-state index contributed by atoms with van der Waals surface area (Å²) in [6.45, 7) is -0.240. The predicted octanol–water partition coefficient (Wildman–Crippen LogP) is -1.93. The van der Waals surface area contributed by atoms with Gasteiger partial charge in [0.15, 0.2) is 0 Å². The zero-order valence-corrected chi connectivity index (χ0v) is 7.13. The van der Waals surface area contributed by atoms with Crippen LogP contribution in [-0.2, 0) is 4.79 Å². The van der Waals surface area contributed by atoms with Crippen molar-refractivity contribution in [2.45, 2.75) is 37.1 Å². The van der Waals surface area contributed by atoms with Crippen molar-refractivity contribution in [3.05, 3.63) is 0 Å². The molecular formula is C8H13NO4. The molecule has 0 aromatic rings. The third kappa shape index (κ3) is 1.08. The van der Waals surface area contributed by atoms with Crippen molar-refractivity contribution in [2.24, 2.45) is 0 Å². The van der Waals surface area contributed by atoms with E-state index in [1.54, 1.807) is 0 Å². The Balaban J connectivity index is 2.14. The summed E-state index contributed by atoms with van der Waals surface area (Å²) in [5.41, 5.74) is 0. The van der Waals surface area contributed by atoms with Gasteiger partial charge in [-0.15, -0.1) is 0 Å². The number of aliphatic hydroxyl groups excluding tert-OH is 3. The van der Waals surface area contributed by atoms with Crippen LogP contribution < -0.4 is 0 Å². The van der Waals surface area contributed by atoms with E-state index in [1.807, 2.05) is 0 Å². The standard InChI is InChI=1S/C8H13NO4/c10-3-4-8(13)7-5(11)1-2-6(12)9(4)7/h4-5,7-8,10-11,13H,1-3H2. The highest BCUT2D eigenvalue weighted by Gasteiger charge is 2.54. The van der Waals surface area contributed by atoms with Gasteiger partial charge in [-0.2, -0.15) is 0 Å². The highest BCUT2D eigenvalue weighted by atomic mass is 16.3. The highest BCUT2D eigenvalue weighted by molar-refractivity contribution is 5.79. The van der Waals surface area contributed by atoms with E-state index in [4.69, 9.17) is 5.11 Å². The number of carbonyl (C=O) groups is 1. The fourth-order valence-corrected chi connectivity index (χ4v) is 2.21. The van der Waals surface area contributed by atoms with Crippen LogP contribution in [0.25, 0.3) is 0 Å². The van der Waals surface area contributed by atoms with E-state index in [-0.39, 0.29) is 12.5 Å². The lowest BCUT2D eigenvalue weighted by atomic mass is 9.80. The number of rotatable bonds is 1. The van der Waals surface area contributed by atoms with Crippen molar-refractivity contribution in [1.82, 2.24) is 4.90 Å². The summed E-state index contributed by atoms with van der Waals surface area (Å²) >= 11 is 0. The lowest BCUT2D eigenvalue weighted by Crippen LogP contribution is -2.75. The van der Waals surface area contributed by atoms with Crippen LogP contribution >= 0.6 is 0 Å². The Morgan fingerprint density at radius 1 is 1.46 bits per heavy atom. The summed E-state index contributed by atoms with van der Waals surface area (Å²) in [7, 11) is 0. The maximum absolute atomic E-state index is 11.3. The normalized spacial score (nSPS) is 44.2. The van der Waals surface area contributed by atoms with Crippen LogP contribution in [0.5, 0.6) is 0 Å². The Morgan fingerprint density at radius 3 is 2.77 bits per heavy atom. The number of hydrogen-bond acceptors (Lipinski definition) is 4. The lowest BCUT2D eigenvalue weighted by Gasteiger charge is -2.56. The third-order valence-electron chi connectivity index (χ3n) is 2.95. The van der Waals surface area contributed by atoms with Crippen LogP contribution in [0.2, 0.25) is 0 Å². The monoisotopic (exact) mass is 187 g/mol. The van der Waals surface area contributed by atoms with Gasteiger partial charge in [0.2, 0.25) is 5.91 Å². The second-order valence-corrected chi connectivity index (χ2v) is 3.64. The predicted molar refractivity (Wildman–Crippen MR) is 42.8 cm³/mol. The minimum atomic E-state index is -0.774. The molecule has 1 amide bonds. The Bertz CT molecular complexity index is 232. The van der Waals surface area contributed by atoms with E-state index in [0.29, 0.717) is 12.8 Å². The summed E-state index contributed by atoms with van der Waals surface area (Å²) in [5, 5.41) is 27.8. The quantitative estimate of drug-likeness (QED) is 0.447. The molecule has 13 heavy (non-hydrogen) atoms. The number of aliphatic hydroxyl groups is 3. The van der Waals surface area contributed by atoms with E-state index in [9.17, 15) is 15.0 Å². The highest BCUT2D eigenvalue weighted by Crippen LogP contribution is 2.34. The first-order valence-corrected chi connectivity index (χ1v) is 4.45. The van der Waals surface area contributed by atoms with Crippen molar-refractivity contribution in [3.8, 4) is 0 Å². The molecule has 2 rings (SSSR count). The number of piperidine rings is 1. The SMILES string of the molecule is O=C1CCC(O)C2C(O)C(CO)N12. The fraction of sp³-hybridized carbons (Fsp3) is 0.875. The van der Waals surface area contributed by atoms with Gasteiger partial charge >= 0.3 is 0 Å². The third-order valence-corrected chi connectivity index (χ3v) is 2.95. The van der Waals surface area contributed by atoms with Crippen molar-refractivity contribution in [2.75, 3.05) is 6.61 Å². The van der Waals surface area contributed by atoms with Gasteiger partial charge in [0.25, 0.3) is 0 Å². The largest absolute Gasteiger partial charge is 0.394 e. The molecule has 2 heterocycles. The second-order valence-electron chi connectivity index (χ2n) is 3.64.